The molecule has 2 aromatic carbocycles. The normalized spacial score (nSPS) is 9.69. The Balaban J connectivity index is 0.000000291. The van der Waals surface area contributed by atoms with Gasteiger partial charge < -0.3 is 9.47 Å². The van der Waals surface area contributed by atoms with Crippen LogP contribution in [0.5, 0.6) is 11.5 Å². The van der Waals surface area contributed by atoms with Gasteiger partial charge in [-0.25, -0.2) is 0 Å². The molecule has 7 heteroatoms. The summed E-state index contributed by atoms with van der Waals surface area (Å²) in [6.07, 6.45) is 4.92. The van der Waals surface area contributed by atoms with E-state index < -0.39 is 0 Å². The van der Waals surface area contributed by atoms with E-state index in [2.05, 4.69) is 59.9 Å². The highest BCUT2D eigenvalue weighted by molar-refractivity contribution is 9.28. The fourth-order valence-corrected chi connectivity index (χ4v) is 3.45. The molecule has 0 aromatic heterocycles. The van der Waals surface area contributed by atoms with Gasteiger partial charge >= 0.3 is 0 Å². The number of hydrogen-bond acceptors (Lipinski definition) is 4. The molecule has 0 aliphatic carbocycles. The van der Waals surface area contributed by atoms with Crippen molar-refractivity contribution in [2.45, 2.75) is 13.8 Å². The van der Waals surface area contributed by atoms with Gasteiger partial charge in [-0.1, -0.05) is 12.1 Å². The maximum Gasteiger partial charge on any atom is 0.137 e. The van der Waals surface area contributed by atoms with Gasteiger partial charge in [0, 0.05) is 6.08 Å². The summed E-state index contributed by atoms with van der Waals surface area (Å²) in [5.41, 5.74) is 4.39. The number of benzene rings is 2. The number of nitrogens with zero attached hydrogens (tertiary/aromatic N) is 2. The van der Waals surface area contributed by atoms with Crippen LogP contribution in [0.3, 0.4) is 0 Å². The van der Waals surface area contributed by atoms with Crippen LogP contribution >= 0.6 is 47.8 Å². The zero-order valence-electron chi connectivity index (χ0n) is 16.4. The monoisotopic (exact) mass is 580 g/mol. The Bertz CT molecular complexity index is 1010. The number of methoxy groups -OCH3 is 2. The average Bonchev–Trinajstić information content (AvgIpc) is 2.68. The van der Waals surface area contributed by atoms with Crippen molar-refractivity contribution in [1.82, 2.24) is 0 Å². The van der Waals surface area contributed by atoms with E-state index in [1.54, 1.807) is 19.3 Å². The predicted molar refractivity (Wildman–Crippen MR) is 128 cm³/mol. The van der Waals surface area contributed by atoms with Gasteiger partial charge in [0.1, 0.15) is 23.1 Å². The van der Waals surface area contributed by atoms with Gasteiger partial charge in [0.2, 0.25) is 0 Å². The molecule has 0 heterocycles. The second kappa shape index (κ2) is 12.5. The third-order valence-electron chi connectivity index (χ3n) is 3.64. The first-order valence-electron chi connectivity index (χ1n) is 8.29. The summed E-state index contributed by atoms with van der Waals surface area (Å²) < 4.78 is 12.2. The lowest BCUT2D eigenvalue weighted by atomic mass is 10.0. The van der Waals surface area contributed by atoms with Crippen LogP contribution in [0.4, 0.5) is 0 Å². The van der Waals surface area contributed by atoms with Crippen molar-refractivity contribution in [2.75, 3.05) is 14.2 Å². The molecule has 0 amide bonds. The van der Waals surface area contributed by atoms with Gasteiger partial charge in [-0.15, -0.1) is 0 Å². The van der Waals surface area contributed by atoms with Gasteiger partial charge in [0.05, 0.1) is 28.2 Å². The highest BCUT2D eigenvalue weighted by atomic mass is 79.9. The maximum atomic E-state index is 8.97. The Morgan fingerprint density at radius 1 is 0.931 bits per heavy atom. The zero-order chi connectivity index (χ0) is 22.0. The van der Waals surface area contributed by atoms with Crippen LogP contribution in [0.2, 0.25) is 0 Å². The summed E-state index contributed by atoms with van der Waals surface area (Å²) >= 11 is 10.2. The van der Waals surface area contributed by atoms with Gasteiger partial charge in [-0.3, -0.25) is 0 Å². The second-order valence-corrected chi connectivity index (χ2v) is 9.38. The fraction of sp³-hybridized carbons (Fsp3) is 0.182. The van der Waals surface area contributed by atoms with Crippen molar-refractivity contribution in [3.8, 4) is 23.6 Å². The quantitative estimate of drug-likeness (QED) is 0.356. The van der Waals surface area contributed by atoms with Gasteiger partial charge in [-0.2, -0.15) is 10.5 Å². The molecule has 0 saturated carbocycles. The van der Waals surface area contributed by atoms with Gasteiger partial charge in [0.15, 0.2) is 0 Å². The van der Waals surface area contributed by atoms with E-state index in [1.807, 2.05) is 38.1 Å². The van der Waals surface area contributed by atoms with Crippen molar-refractivity contribution in [2.24, 2.45) is 0 Å². The lowest BCUT2D eigenvalue weighted by Gasteiger charge is -2.07. The second-order valence-electron chi connectivity index (χ2n) is 5.81. The minimum atomic E-state index is 0.453. The van der Waals surface area contributed by atoms with E-state index in [4.69, 9.17) is 20.0 Å². The average molecular weight is 583 g/mol. The van der Waals surface area contributed by atoms with Gasteiger partial charge in [-0.05, 0) is 108 Å². The van der Waals surface area contributed by atoms with Crippen LogP contribution in [0.25, 0.3) is 12.2 Å². The number of ether oxygens (including phenoxy) is 2. The number of rotatable bonds is 4. The predicted octanol–water partition coefficient (Wildman–Crippen LogP) is 7.27. The largest absolute Gasteiger partial charge is 0.496 e. The van der Waals surface area contributed by atoms with Crippen LogP contribution < -0.4 is 9.47 Å². The molecule has 0 aliphatic rings. The van der Waals surface area contributed by atoms with E-state index in [1.165, 1.54) is 13.2 Å². The van der Waals surface area contributed by atoms with Crippen LogP contribution in [-0.2, 0) is 0 Å². The minimum Gasteiger partial charge on any atom is -0.496 e. The van der Waals surface area contributed by atoms with E-state index in [0.29, 0.717) is 16.9 Å². The lowest BCUT2D eigenvalue weighted by Crippen LogP contribution is -1.92. The molecule has 0 bridgehead atoms. The van der Waals surface area contributed by atoms with Gasteiger partial charge in [0.25, 0.3) is 0 Å². The number of allylic oxidation sites excluding steroid dienone is 1. The number of aryl methyl sites for hydroxylation is 2. The standard InChI is InChI=1S/C12H10N2O.C10H9Br3O/c1-9-6-10(4-3-5-13)11(8-14)12(7-9)15-2;1-6-3-7(5-9(11)12)10(13)8(4-6)14-2/h3-4,6-7H,1-2H3;3-5H,1-2H3. The summed E-state index contributed by atoms with van der Waals surface area (Å²) in [7, 11) is 3.18. The third-order valence-corrected chi connectivity index (χ3v) is 4.95. The number of halogens is 3. The first kappa shape index (κ1) is 25.0. The molecule has 0 saturated heterocycles. The van der Waals surface area contributed by atoms with Crippen molar-refractivity contribution < 1.29 is 9.47 Å². The Kier molecular flexibility index (Phi) is 10.8. The van der Waals surface area contributed by atoms with Crippen molar-refractivity contribution in [3.63, 3.8) is 0 Å². The maximum absolute atomic E-state index is 8.97. The summed E-state index contributed by atoms with van der Waals surface area (Å²) in [6.45, 7) is 3.95. The molecule has 2 aromatic rings. The first-order chi connectivity index (χ1) is 13.8. The number of hydrogen-bond donors (Lipinski definition) is 0. The highest BCUT2D eigenvalue weighted by Gasteiger charge is 2.08. The third kappa shape index (κ3) is 7.70. The van der Waals surface area contributed by atoms with E-state index >= 15 is 0 Å². The molecule has 0 fully saturated rings. The molecule has 0 spiro atoms. The molecule has 2 rings (SSSR count). The topological polar surface area (TPSA) is 66.0 Å². The molecular formula is C22H19Br3N2O2. The molecule has 0 atom stereocenters. The minimum absolute atomic E-state index is 0.453. The first-order valence-corrected chi connectivity index (χ1v) is 10.7. The number of nitriles is 2. The Morgan fingerprint density at radius 3 is 1.97 bits per heavy atom. The highest BCUT2D eigenvalue weighted by Crippen LogP contribution is 2.33. The Hall–Kier alpha value is -2.06. The van der Waals surface area contributed by atoms with Crippen LogP contribution in [0, 0.1) is 36.5 Å². The lowest BCUT2D eigenvalue weighted by molar-refractivity contribution is 0.411. The summed E-state index contributed by atoms with van der Waals surface area (Å²) in [6, 6.07) is 11.7. The Morgan fingerprint density at radius 2 is 1.48 bits per heavy atom. The van der Waals surface area contributed by atoms with E-state index in [9.17, 15) is 0 Å². The summed E-state index contributed by atoms with van der Waals surface area (Å²) in [5.74, 6) is 1.38. The fourth-order valence-electron chi connectivity index (χ4n) is 2.45. The van der Waals surface area contributed by atoms with E-state index in [-0.39, 0.29) is 0 Å². The van der Waals surface area contributed by atoms with Crippen LogP contribution in [-0.4, -0.2) is 14.2 Å². The molecule has 150 valence electrons. The van der Waals surface area contributed by atoms with Crippen molar-refractivity contribution in [3.05, 3.63) is 66.0 Å². The van der Waals surface area contributed by atoms with Crippen LogP contribution in [0.1, 0.15) is 27.8 Å². The molecule has 29 heavy (non-hydrogen) atoms. The smallest absolute Gasteiger partial charge is 0.137 e. The summed E-state index contributed by atoms with van der Waals surface area (Å²) in [4.78, 5) is 0. The van der Waals surface area contributed by atoms with Crippen molar-refractivity contribution in [1.29, 1.82) is 10.5 Å². The van der Waals surface area contributed by atoms with Crippen LogP contribution in [0.15, 0.2) is 38.2 Å². The molecule has 0 radical (unpaired) electrons. The van der Waals surface area contributed by atoms with E-state index in [0.717, 1.165) is 30.3 Å². The van der Waals surface area contributed by atoms with Crippen molar-refractivity contribution >= 4 is 59.9 Å². The molecule has 0 unspecified atom stereocenters. The summed E-state index contributed by atoms with van der Waals surface area (Å²) in [5, 5.41) is 17.4. The molecule has 0 N–H and O–H groups in total. The molecule has 0 aliphatic heterocycles. The zero-order valence-corrected chi connectivity index (χ0v) is 21.1. The SMILES string of the molecule is COc1cc(C)cc(C=C(Br)Br)c1Br.COc1cc(C)cc(C=CC#N)c1C#N. The molecular weight excluding hydrogens is 564 g/mol. The Labute approximate surface area is 196 Å². The molecule has 4 nitrogen and oxygen atoms in total.